The highest BCUT2D eigenvalue weighted by molar-refractivity contribution is 7.09. The van der Waals surface area contributed by atoms with E-state index in [0.717, 1.165) is 68.5 Å². The van der Waals surface area contributed by atoms with Gasteiger partial charge < -0.3 is 16.4 Å². The van der Waals surface area contributed by atoms with Gasteiger partial charge in [-0.3, -0.25) is 19.3 Å². The molecule has 2 fully saturated rings. The lowest BCUT2D eigenvalue weighted by atomic mass is 9.95. The third-order valence-electron chi connectivity index (χ3n) is 7.47. The molecule has 2 aliphatic rings. The molecule has 4 rings (SSSR count). The van der Waals surface area contributed by atoms with Crippen LogP contribution in [0.1, 0.15) is 110 Å². The molecule has 0 saturated heterocycles. The number of aromatic nitrogens is 1. The number of nitrogens with one attached hydrogen (secondary N) is 2. The van der Waals surface area contributed by atoms with E-state index < -0.39 is 5.91 Å². The molecular weight excluding hydrogens is 486 g/mol. The summed E-state index contributed by atoms with van der Waals surface area (Å²) in [5.41, 5.74) is 8.21. The molecule has 3 amide bonds. The van der Waals surface area contributed by atoms with Crippen LogP contribution in [0.25, 0.3) is 0 Å². The Morgan fingerprint density at radius 2 is 1.51 bits per heavy atom. The van der Waals surface area contributed by atoms with Gasteiger partial charge in [-0.25, -0.2) is 0 Å². The van der Waals surface area contributed by atoms with E-state index in [1.165, 1.54) is 17.7 Å². The summed E-state index contributed by atoms with van der Waals surface area (Å²) >= 11 is 0.910. The summed E-state index contributed by atoms with van der Waals surface area (Å²) in [6, 6.07) is 7.91. The molecule has 0 bridgehead atoms. The molecule has 2 aliphatic carbocycles. The van der Waals surface area contributed by atoms with Crippen molar-refractivity contribution >= 4 is 40.6 Å². The van der Waals surface area contributed by atoms with Crippen molar-refractivity contribution in [3.63, 3.8) is 0 Å². The van der Waals surface area contributed by atoms with Crippen molar-refractivity contribution in [2.75, 3.05) is 17.2 Å². The molecule has 0 atom stereocenters. The summed E-state index contributed by atoms with van der Waals surface area (Å²) in [7, 11) is 0. The Labute approximate surface area is 223 Å². The zero-order valence-corrected chi connectivity index (χ0v) is 22.7. The number of benzene rings is 1. The number of anilines is 2. The molecule has 0 spiro atoms. The van der Waals surface area contributed by atoms with Crippen molar-refractivity contribution in [1.82, 2.24) is 15.0 Å². The highest BCUT2D eigenvalue weighted by atomic mass is 32.1. The number of nitrogen functional groups attached to an aromatic ring is 1. The molecule has 200 valence electrons. The lowest BCUT2D eigenvalue weighted by molar-refractivity contribution is -0.120. The van der Waals surface area contributed by atoms with Crippen LogP contribution < -0.4 is 21.3 Å². The van der Waals surface area contributed by atoms with Gasteiger partial charge in [0.05, 0.1) is 5.69 Å². The minimum Gasteiger partial charge on any atom is -0.395 e. The molecule has 1 aromatic carbocycles. The molecule has 4 N–H and O–H groups in total. The van der Waals surface area contributed by atoms with Crippen molar-refractivity contribution in [2.45, 2.75) is 96.1 Å². The minimum atomic E-state index is -0.428. The number of hydrogen-bond donors (Lipinski definition) is 3. The first-order valence-electron chi connectivity index (χ1n) is 13.6. The average molecular weight is 526 g/mol. The third-order valence-corrected chi connectivity index (χ3v) is 8.32. The minimum absolute atomic E-state index is 0.0693. The van der Waals surface area contributed by atoms with Crippen LogP contribution in [0.3, 0.4) is 0 Å². The number of hydrogen-bond acceptors (Lipinski definition) is 6. The number of amides is 3. The lowest BCUT2D eigenvalue weighted by Gasteiger charge is -2.26. The largest absolute Gasteiger partial charge is 0.395 e. The number of carbonyl (C=O) groups is 3. The van der Waals surface area contributed by atoms with Crippen LogP contribution in [0.4, 0.5) is 11.4 Å². The zero-order valence-electron chi connectivity index (χ0n) is 21.9. The van der Waals surface area contributed by atoms with Crippen LogP contribution in [0.2, 0.25) is 0 Å². The molecule has 2 aromatic rings. The van der Waals surface area contributed by atoms with Crippen molar-refractivity contribution in [2.24, 2.45) is 0 Å². The Morgan fingerprint density at radius 1 is 0.946 bits per heavy atom. The number of nitrogens with zero attached hydrogens (tertiary/aromatic N) is 2. The molecule has 8 nitrogen and oxygen atoms in total. The van der Waals surface area contributed by atoms with Gasteiger partial charge in [-0.05, 0) is 60.8 Å². The maximum Gasteiger partial charge on any atom is 0.273 e. The van der Waals surface area contributed by atoms with Crippen LogP contribution in [-0.2, 0) is 4.79 Å². The standard InChI is InChI=1S/C28H39N5O3S/c1-18(2)19-13-15-22(16-14-19)33(17-23(34)30-20-9-5-3-6-10-20)28(36)26-24(29)25(32-37-26)27(35)31-21-11-7-4-8-12-21/h13-16,18,20-21H,3-12,17,29H2,1-2H3,(H,30,34)(H,31,35). The highest BCUT2D eigenvalue weighted by Gasteiger charge is 2.29. The van der Waals surface area contributed by atoms with Gasteiger partial charge in [0, 0.05) is 17.8 Å². The number of rotatable bonds is 8. The molecule has 0 aliphatic heterocycles. The van der Waals surface area contributed by atoms with Gasteiger partial charge in [0.25, 0.3) is 11.8 Å². The van der Waals surface area contributed by atoms with Crippen LogP contribution in [0.5, 0.6) is 0 Å². The summed E-state index contributed by atoms with van der Waals surface area (Å²) in [5.74, 6) is -0.632. The van der Waals surface area contributed by atoms with Crippen LogP contribution >= 0.6 is 11.5 Å². The first kappa shape index (κ1) is 27.1. The fourth-order valence-electron chi connectivity index (χ4n) is 5.22. The molecule has 1 aromatic heterocycles. The maximum absolute atomic E-state index is 13.7. The molecule has 2 saturated carbocycles. The quantitative estimate of drug-likeness (QED) is 0.448. The molecule has 9 heteroatoms. The zero-order chi connectivity index (χ0) is 26.4. The number of nitrogens with two attached hydrogens (primary N) is 1. The summed E-state index contributed by atoms with van der Waals surface area (Å²) in [4.78, 5) is 41.2. The second kappa shape index (κ2) is 12.5. The Hall–Kier alpha value is -2.94. The molecule has 0 radical (unpaired) electrons. The first-order valence-corrected chi connectivity index (χ1v) is 14.4. The van der Waals surface area contributed by atoms with Crippen LogP contribution in [-0.4, -0.2) is 40.7 Å². The van der Waals surface area contributed by atoms with Crippen LogP contribution in [0.15, 0.2) is 24.3 Å². The van der Waals surface area contributed by atoms with Gasteiger partial charge >= 0.3 is 0 Å². The molecule has 0 unspecified atom stereocenters. The van der Waals surface area contributed by atoms with Crippen molar-refractivity contribution in [3.8, 4) is 0 Å². The molecule has 37 heavy (non-hydrogen) atoms. The monoisotopic (exact) mass is 525 g/mol. The predicted octanol–water partition coefficient (Wildman–Crippen LogP) is 5.01. The van der Waals surface area contributed by atoms with Crippen molar-refractivity contribution in [1.29, 1.82) is 0 Å². The van der Waals surface area contributed by atoms with Gasteiger partial charge in [0.1, 0.15) is 11.4 Å². The van der Waals surface area contributed by atoms with E-state index in [9.17, 15) is 14.4 Å². The van der Waals surface area contributed by atoms with E-state index in [4.69, 9.17) is 5.73 Å². The van der Waals surface area contributed by atoms with E-state index in [2.05, 4.69) is 28.9 Å². The van der Waals surface area contributed by atoms with Gasteiger partial charge in [0.15, 0.2) is 5.69 Å². The highest BCUT2D eigenvalue weighted by Crippen LogP contribution is 2.28. The van der Waals surface area contributed by atoms with Gasteiger partial charge in [-0.2, -0.15) is 4.37 Å². The number of carbonyl (C=O) groups excluding carboxylic acids is 3. The lowest BCUT2D eigenvalue weighted by Crippen LogP contribution is -2.45. The van der Waals surface area contributed by atoms with Gasteiger partial charge in [0.2, 0.25) is 5.91 Å². The van der Waals surface area contributed by atoms with Gasteiger partial charge in [-0.1, -0.05) is 64.5 Å². The first-order chi connectivity index (χ1) is 17.8. The normalized spacial score (nSPS) is 16.9. The van der Waals surface area contributed by atoms with E-state index in [0.29, 0.717) is 11.6 Å². The molecular formula is C28H39N5O3S. The Balaban J connectivity index is 1.54. The summed E-state index contributed by atoms with van der Waals surface area (Å²) in [6.45, 7) is 4.08. The van der Waals surface area contributed by atoms with E-state index >= 15 is 0 Å². The fourth-order valence-corrected chi connectivity index (χ4v) is 5.97. The van der Waals surface area contributed by atoms with Crippen LogP contribution in [0, 0.1) is 0 Å². The maximum atomic E-state index is 13.7. The third kappa shape index (κ3) is 6.89. The SMILES string of the molecule is CC(C)c1ccc(N(CC(=O)NC2CCCCC2)C(=O)c2snc(C(=O)NC3CCCCC3)c2N)cc1. The predicted molar refractivity (Wildman–Crippen MR) is 148 cm³/mol. The summed E-state index contributed by atoms with van der Waals surface area (Å²) in [6.07, 6.45) is 10.6. The Bertz CT molecular complexity index is 1090. The van der Waals surface area contributed by atoms with E-state index in [1.807, 2.05) is 24.3 Å². The summed E-state index contributed by atoms with van der Waals surface area (Å²) < 4.78 is 4.24. The van der Waals surface area contributed by atoms with Crippen molar-refractivity contribution in [3.05, 3.63) is 40.4 Å². The Morgan fingerprint density at radius 3 is 2.08 bits per heavy atom. The average Bonchev–Trinajstić information content (AvgIpc) is 3.29. The second-order valence-corrected chi connectivity index (χ2v) is 11.4. The topological polar surface area (TPSA) is 117 Å². The van der Waals surface area contributed by atoms with E-state index in [1.54, 1.807) is 0 Å². The smallest absolute Gasteiger partial charge is 0.273 e. The second-order valence-electron chi connectivity index (χ2n) is 10.6. The van der Waals surface area contributed by atoms with E-state index in [-0.39, 0.29) is 46.7 Å². The Kier molecular flexibility index (Phi) is 9.18. The summed E-state index contributed by atoms with van der Waals surface area (Å²) in [5, 5.41) is 6.12. The van der Waals surface area contributed by atoms with Gasteiger partial charge in [-0.15, -0.1) is 0 Å². The molecule has 1 heterocycles. The fraction of sp³-hybridized carbons (Fsp3) is 0.571. The van der Waals surface area contributed by atoms with Crippen molar-refractivity contribution < 1.29 is 14.4 Å².